The van der Waals surface area contributed by atoms with Crippen molar-refractivity contribution in [3.63, 3.8) is 0 Å². The second-order valence-corrected chi connectivity index (χ2v) is 4.44. The van der Waals surface area contributed by atoms with Crippen LogP contribution in [0.15, 0.2) is 24.3 Å². The molecule has 112 valence electrons. The molecule has 0 aromatic heterocycles. The van der Waals surface area contributed by atoms with Gasteiger partial charge in [-0.15, -0.1) is 0 Å². The smallest absolute Gasteiger partial charge is 0.432 e. The molecule has 0 radical (unpaired) electrons. The van der Waals surface area contributed by atoms with E-state index in [1.54, 1.807) is 4.90 Å². The molecule has 0 bridgehead atoms. The fraction of sp³-hybridized carbons (Fsp3) is 0.385. The zero-order valence-corrected chi connectivity index (χ0v) is 11.2. The molecule has 1 saturated heterocycles. The third-order valence-electron chi connectivity index (χ3n) is 3.00. The van der Waals surface area contributed by atoms with Crippen molar-refractivity contribution in [3.05, 3.63) is 34.4 Å². The molecule has 0 spiro atoms. The normalized spacial score (nSPS) is 14.1. The van der Waals surface area contributed by atoms with Crippen LogP contribution in [0.5, 0.6) is 5.75 Å². The van der Waals surface area contributed by atoms with Crippen molar-refractivity contribution < 1.29 is 24.0 Å². The minimum atomic E-state index is -0.907. The number of nitro groups is 1. The number of carbonyl (C=O) groups excluding carboxylic acids is 2. The van der Waals surface area contributed by atoms with Gasteiger partial charge in [0.25, 0.3) is 5.69 Å². The number of hydrogen-bond donors (Lipinski definition) is 0. The third-order valence-corrected chi connectivity index (χ3v) is 3.00. The van der Waals surface area contributed by atoms with Crippen molar-refractivity contribution >= 4 is 17.7 Å². The van der Waals surface area contributed by atoms with Crippen molar-refractivity contribution in [1.82, 2.24) is 4.90 Å². The number of hydrogen-bond acceptors (Lipinski definition) is 6. The van der Waals surface area contributed by atoms with Crippen LogP contribution in [0.3, 0.4) is 0 Å². The van der Waals surface area contributed by atoms with Crippen LogP contribution in [-0.2, 0) is 9.53 Å². The van der Waals surface area contributed by atoms with E-state index < -0.39 is 11.1 Å². The van der Waals surface area contributed by atoms with Gasteiger partial charge in [-0.25, -0.2) is 4.79 Å². The lowest BCUT2D eigenvalue weighted by molar-refractivity contribution is -0.384. The highest BCUT2D eigenvalue weighted by Crippen LogP contribution is 2.17. The Morgan fingerprint density at radius 2 is 2.05 bits per heavy atom. The number of carbonyl (C=O) groups is 2. The number of benzene rings is 1. The maximum absolute atomic E-state index is 11.4. The summed E-state index contributed by atoms with van der Waals surface area (Å²) in [6, 6.07) is 5.07. The van der Waals surface area contributed by atoms with Crippen molar-refractivity contribution in [2.75, 3.05) is 19.7 Å². The molecule has 1 aliphatic rings. The van der Waals surface area contributed by atoms with E-state index in [1.807, 2.05) is 0 Å². The van der Waals surface area contributed by atoms with Crippen molar-refractivity contribution in [1.29, 1.82) is 0 Å². The van der Waals surface area contributed by atoms with E-state index in [-0.39, 0.29) is 24.0 Å². The molecule has 21 heavy (non-hydrogen) atoms. The van der Waals surface area contributed by atoms with Gasteiger partial charge in [0.2, 0.25) is 5.91 Å². The monoisotopic (exact) mass is 294 g/mol. The molecule has 0 N–H and O–H groups in total. The highest BCUT2D eigenvalue weighted by Gasteiger charge is 2.20. The quantitative estimate of drug-likeness (QED) is 0.355. The number of amides is 1. The number of non-ortho nitro benzene ring substituents is 1. The topological polar surface area (TPSA) is 99.0 Å². The van der Waals surface area contributed by atoms with Crippen LogP contribution in [0.4, 0.5) is 10.5 Å². The Bertz CT molecular complexity index is 542. The maximum atomic E-state index is 11.4. The lowest BCUT2D eigenvalue weighted by atomic mass is 10.3. The fourth-order valence-corrected chi connectivity index (χ4v) is 1.94. The average Bonchev–Trinajstić information content (AvgIpc) is 2.85. The van der Waals surface area contributed by atoms with Gasteiger partial charge in [0.15, 0.2) is 0 Å². The fourth-order valence-electron chi connectivity index (χ4n) is 1.94. The first kappa shape index (κ1) is 14.8. The Hall–Kier alpha value is -2.64. The van der Waals surface area contributed by atoms with Crippen LogP contribution < -0.4 is 4.74 Å². The first-order valence-corrected chi connectivity index (χ1v) is 6.43. The number of ether oxygens (including phenoxy) is 2. The maximum Gasteiger partial charge on any atom is 0.513 e. The summed E-state index contributed by atoms with van der Waals surface area (Å²) in [5, 5.41) is 10.5. The lowest BCUT2D eigenvalue weighted by Crippen LogP contribution is -2.29. The zero-order valence-electron chi connectivity index (χ0n) is 11.2. The Kier molecular flexibility index (Phi) is 4.70. The van der Waals surface area contributed by atoms with Gasteiger partial charge in [-0.1, -0.05) is 0 Å². The molecule has 1 fully saturated rings. The second kappa shape index (κ2) is 6.69. The molecule has 1 aromatic rings. The van der Waals surface area contributed by atoms with Crippen LogP contribution in [0.25, 0.3) is 0 Å². The molecule has 1 heterocycles. The largest absolute Gasteiger partial charge is 0.513 e. The van der Waals surface area contributed by atoms with Gasteiger partial charge in [0.05, 0.1) is 11.5 Å². The van der Waals surface area contributed by atoms with Gasteiger partial charge in [0, 0.05) is 25.1 Å². The van der Waals surface area contributed by atoms with Crippen molar-refractivity contribution in [2.24, 2.45) is 0 Å². The molecular weight excluding hydrogens is 280 g/mol. The molecule has 0 saturated carbocycles. The van der Waals surface area contributed by atoms with Gasteiger partial charge in [-0.3, -0.25) is 14.9 Å². The predicted molar refractivity (Wildman–Crippen MR) is 70.9 cm³/mol. The lowest BCUT2D eigenvalue weighted by Gasteiger charge is -2.14. The van der Waals surface area contributed by atoms with Crippen molar-refractivity contribution in [3.8, 4) is 5.75 Å². The minimum absolute atomic E-state index is 0.0531. The Balaban J connectivity index is 1.74. The van der Waals surface area contributed by atoms with Crippen LogP contribution >= 0.6 is 0 Å². The Morgan fingerprint density at radius 1 is 1.33 bits per heavy atom. The molecule has 8 nitrogen and oxygen atoms in total. The molecule has 0 aliphatic carbocycles. The number of nitro benzene ring substituents is 1. The van der Waals surface area contributed by atoms with E-state index in [9.17, 15) is 19.7 Å². The first-order chi connectivity index (χ1) is 10.1. The van der Waals surface area contributed by atoms with Crippen molar-refractivity contribution in [2.45, 2.75) is 12.8 Å². The van der Waals surface area contributed by atoms with Gasteiger partial charge in [-0.05, 0) is 18.6 Å². The minimum Gasteiger partial charge on any atom is -0.432 e. The van der Waals surface area contributed by atoms with E-state index in [4.69, 9.17) is 9.47 Å². The molecule has 1 aromatic carbocycles. The van der Waals surface area contributed by atoms with E-state index in [0.717, 1.165) is 6.42 Å². The molecule has 0 unspecified atom stereocenters. The Labute approximate surface area is 120 Å². The van der Waals surface area contributed by atoms with E-state index in [1.165, 1.54) is 24.3 Å². The second-order valence-electron chi connectivity index (χ2n) is 4.44. The molecule has 1 amide bonds. The average molecular weight is 294 g/mol. The number of nitrogens with zero attached hydrogens (tertiary/aromatic N) is 2. The van der Waals surface area contributed by atoms with E-state index in [2.05, 4.69) is 0 Å². The number of likely N-dealkylation sites (tertiary alicyclic amines) is 1. The summed E-state index contributed by atoms with van der Waals surface area (Å²) in [6.45, 7) is 1.07. The predicted octanol–water partition coefficient (Wildman–Crippen LogP) is 1.73. The van der Waals surface area contributed by atoms with Crippen LogP contribution in [-0.4, -0.2) is 41.6 Å². The SMILES string of the molecule is O=C(OCCN1CCCC1=O)Oc1ccc([N+](=O)[O-])cc1. The highest BCUT2D eigenvalue weighted by atomic mass is 16.7. The summed E-state index contributed by atoms with van der Waals surface area (Å²) < 4.78 is 9.70. The summed E-state index contributed by atoms with van der Waals surface area (Å²) >= 11 is 0. The Morgan fingerprint density at radius 3 is 2.62 bits per heavy atom. The number of rotatable bonds is 5. The molecule has 2 rings (SSSR count). The third kappa shape index (κ3) is 4.16. The summed E-state index contributed by atoms with van der Waals surface area (Å²) in [4.78, 5) is 34.3. The van der Waals surface area contributed by atoms with Gasteiger partial charge in [0.1, 0.15) is 12.4 Å². The van der Waals surface area contributed by atoms with Gasteiger partial charge in [-0.2, -0.15) is 0 Å². The zero-order chi connectivity index (χ0) is 15.2. The van der Waals surface area contributed by atoms with E-state index >= 15 is 0 Å². The summed E-state index contributed by atoms with van der Waals surface area (Å²) in [7, 11) is 0. The van der Waals surface area contributed by atoms with Crippen LogP contribution in [0.1, 0.15) is 12.8 Å². The molecule has 0 atom stereocenters. The summed E-state index contributed by atoms with van der Waals surface area (Å²) in [6.07, 6.45) is 0.453. The van der Waals surface area contributed by atoms with E-state index in [0.29, 0.717) is 19.5 Å². The molecule has 8 heteroatoms. The standard InChI is InChI=1S/C13H14N2O6/c16-12-2-1-7-14(12)8-9-20-13(17)21-11-5-3-10(4-6-11)15(18)19/h3-6H,1-2,7-9H2. The van der Waals surface area contributed by atoms with Gasteiger partial charge < -0.3 is 14.4 Å². The van der Waals surface area contributed by atoms with Gasteiger partial charge >= 0.3 is 6.16 Å². The first-order valence-electron chi connectivity index (χ1n) is 6.43. The molecular formula is C13H14N2O6. The summed E-state index contributed by atoms with van der Waals surface area (Å²) in [5.41, 5.74) is -0.0942. The van der Waals surface area contributed by atoms with Crippen LogP contribution in [0, 0.1) is 10.1 Å². The summed E-state index contributed by atoms with van der Waals surface area (Å²) in [5.74, 6) is 0.213. The van der Waals surface area contributed by atoms with Crippen LogP contribution in [0.2, 0.25) is 0 Å². The molecule has 1 aliphatic heterocycles. The highest BCUT2D eigenvalue weighted by molar-refractivity contribution is 5.78.